The smallest absolute Gasteiger partial charge is 0.113 e. The summed E-state index contributed by atoms with van der Waals surface area (Å²) in [5, 5.41) is 11.3. The molecule has 1 rings (SSSR count). The van der Waals surface area contributed by atoms with Crippen LogP contribution in [0.25, 0.3) is 0 Å². The molecule has 66 valence electrons. The molecule has 3 heteroatoms. The SMILES string of the molecule is [CH2-][NH2+]C(CO)c1ccccc1Cl. The van der Waals surface area contributed by atoms with Crippen LogP contribution >= 0.6 is 11.6 Å². The zero-order valence-corrected chi connectivity index (χ0v) is 7.46. The summed E-state index contributed by atoms with van der Waals surface area (Å²) in [7, 11) is 3.63. The van der Waals surface area contributed by atoms with Crippen molar-refractivity contribution in [2.24, 2.45) is 0 Å². The van der Waals surface area contributed by atoms with E-state index in [-0.39, 0.29) is 12.6 Å². The van der Waals surface area contributed by atoms with Crippen LogP contribution in [0.2, 0.25) is 5.02 Å². The molecule has 0 spiro atoms. The lowest BCUT2D eigenvalue weighted by molar-refractivity contribution is -0.643. The second-order valence-corrected chi connectivity index (χ2v) is 2.95. The summed E-state index contributed by atoms with van der Waals surface area (Å²) < 4.78 is 0. The Morgan fingerprint density at radius 2 is 2.17 bits per heavy atom. The molecule has 0 fully saturated rings. The molecular formula is C9H12ClNO. The Bertz CT molecular complexity index is 248. The normalized spacial score (nSPS) is 12.9. The zero-order valence-electron chi connectivity index (χ0n) is 6.70. The number of hydrogen-bond acceptors (Lipinski definition) is 1. The van der Waals surface area contributed by atoms with Gasteiger partial charge in [0.25, 0.3) is 0 Å². The van der Waals surface area contributed by atoms with Crippen molar-refractivity contribution in [3.63, 3.8) is 0 Å². The summed E-state index contributed by atoms with van der Waals surface area (Å²) in [4.78, 5) is 0. The molecule has 12 heavy (non-hydrogen) atoms. The Kier molecular flexibility index (Phi) is 3.53. The van der Waals surface area contributed by atoms with Gasteiger partial charge in [0.1, 0.15) is 6.04 Å². The van der Waals surface area contributed by atoms with E-state index in [0.29, 0.717) is 5.02 Å². The summed E-state index contributed by atoms with van der Waals surface area (Å²) in [6, 6.07) is 7.41. The van der Waals surface area contributed by atoms with E-state index in [1.165, 1.54) is 0 Å². The Morgan fingerprint density at radius 3 is 2.67 bits per heavy atom. The lowest BCUT2D eigenvalue weighted by atomic mass is 10.1. The zero-order chi connectivity index (χ0) is 8.97. The lowest BCUT2D eigenvalue weighted by Crippen LogP contribution is -2.79. The monoisotopic (exact) mass is 185 g/mol. The molecule has 1 aromatic rings. The van der Waals surface area contributed by atoms with Gasteiger partial charge in [-0.15, -0.1) is 0 Å². The van der Waals surface area contributed by atoms with Crippen LogP contribution in [0.5, 0.6) is 0 Å². The molecule has 0 bridgehead atoms. The molecule has 3 N–H and O–H groups in total. The van der Waals surface area contributed by atoms with E-state index in [1.807, 2.05) is 24.3 Å². The topological polar surface area (TPSA) is 36.8 Å². The van der Waals surface area contributed by atoms with Crippen molar-refractivity contribution in [2.45, 2.75) is 6.04 Å². The molecule has 1 unspecified atom stereocenters. The van der Waals surface area contributed by atoms with E-state index in [2.05, 4.69) is 7.05 Å². The highest BCUT2D eigenvalue weighted by atomic mass is 35.5. The third-order valence-corrected chi connectivity index (χ3v) is 2.13. The Labute approximate surface area is 77.2 Å². The van der Waals surface area contributed by atoms with E-state index in [0.717, 1.165) is 5.56 Å². The second kappa shape index (κ2) is 4.45. The molecule has 0 saturated heterocycles. The van der Waals surface area contributed by atoms with Gasteiger partial charge in [-0.3, -0.25) is 0 Å². The highest BCUT2D eigenvalue weighted by Gasteiger charge is 2.11. The van der Waals surface area contributed by atoms with Crippen molar-refractivity contribution in [1.82, 2.24) is 0 Å². The van der Waals surface area contributed by atoms with Crippen molar-refractivity contribution in [1.29, 1.82) is 0 Å². The number of aliphatic hydroxyl groups is 1. The average molecular weight is 186 g/mol. The van der Waals surface area contributed by atoms with Crippen LogP contribution in [0.1, 0.15) is 11.6 Å². The van der Waals surface area contributed by atoms with Crippen molar-refractivity contribution in [2.75, 3.05) is 6.61 Å². The predicted octanol–water partition coefficient (Wildman–Crippen LogP) is 0.728. The Hall–Kier alpha value is -0.570. The van der Waals surface area contributed by atoms with Crippen LogP contribution in [0.3, 0.4) is 0 Å². The maximum absolute atomic E-state index is 8.97. The van der Waals surface area contributed by atoms with Crippen molar-refractivity contribution < 1.29 is 10.4 Å². The van der Waals surface area contributed by atoms with E-state index in [1.54, 1.807) is 5.32 Å². The van der Waals surface area contributed by atoms with Crippen molar-refractivity contribution in [3.8, 4) is 0 Å². The van der Waals surface area contributed by atoms with Crippen molar-refractivity contribution >= 4 is 11.6 Å². The summed E-state index contributed by atoms with van der Waals surface area (Å²) in [5.41, 5.74) is 0.927. The molecule has 0 saturated carbocycles. The molecule has 0 aliphatic carbocycles. The molecule has 0 radical (unpaired) electrons. The number of aliphatic hydroxyl groups excluding tert-OH is 1. The summed E-state index contributed by atoms with van der Waals surface area (Å²) >= 11 is 5.92. The molecule has 0 amide bonds. The fraction of sp³-hybridized carbons (Fsp3) is 0.222. The molecule has 0 aliphatic rings. The average Bonchev–Trinajstić information content (AvgIpc) is 2.10. The van der Waals surface area contributed by atoms with Gasteiger partial charge in [0.15, 0.2) is 0 Å². The molecule has 2 nitrogen and oxygen atoms in total. The summed E-state index contributed by atoms with van der Waals surface area (Å²) in [6.07, 6.45) is 0. The van der Waals surface area contributed by atoms with E-state index in [4.69, 9.17) is 16.7 Å². The summed E-state index contributed by atoms with van der Waals surface area (Å²) in [5.74, 6) is 0. The van der Waals surface area contributed by atoms with E-state index >= 15 is 0 Å². The predicted molar refractivity (Wildman–Crippen MR) is 48.6 cm³/mol. The largest absolute Gasteiger partial charge is 0.471 e. The molecule has 1 atom stereocenters. The van der Waals surface area contributed by atoms with Gasteiger partial charge in [0, 0.05) is 10.6 Å². The Morgan fingerprint density at radius 1 is 1.50 bits per heavy atom. The van der Waals surface area contributed by atoms with Crippen LogP contribution in [0.15, 0.2) is 24.3 Å². The van der Waals surface area contributed by atoms with Crippen LogP contribution < -0.4 is 5.32 Å². The molecule has 1 aromatic carbocycles. The maximum atomic E-state index is 8.97. The van der Waals surface area contributed by atoms with E-state index in [9.17, 15) is 0 Å². The quantitative estimate of drug-likeness (QED) is 0.670. The fourth-order valence-electron chi connectivity index (χ4n) is 1.08. The first-order valence-electron chi connectivity index (χ1n) is 3.77. The highest BCUT2D eigenvalue weighted by molar-refractivity contribution is 6.31. The number of quaternary nitrogens is 1. The third kappa shape index (κ3) is 1.97. The number of benzene rings is 1. The number of nitrogens with two attached hydrogens (primary N) is 1. The van der Waals surface area contributed by atoms with Gasteiger partial charge in [-0.2, -0.15) is 7.05 Å². The highest BCUT2D eigenvalue weighted by Crippen LogP contribution is 2.19. The standard InChI is InChI=1S/C9H12ClNO/c1-11-9(6-12)7-4-2-3-5-8(7)10/h2-5,9,12H,1,6,11H2. The minimum atomic E-state index is -0.0568. The first kappa shape index (κ1) is 9.52. The number of hydrogen-bond donors (Lipinski definition) is 2. The van der Waals surface area contributed by atoms with Crippen molar-refractivity contribution in [3.05, 3.63) is 41.9 Å². The van der Waals surface area contributed by atoms with Gasteiger partial charge in [-0.05, 0) is 6.07 Å². The minimum absolute atomic E-state index is 0.0488. The summed E-state index contributed by atoms with van der Waals surface area (Å²) in [6.45, 7) is 0.0488. The van der Waals surface area contributed by atoms with Crippen LogP contribution in [0, 0.1) is 7.05 Å². The van der Waals surface area contributed by atoms with Gasteiger partial charge in [-0.25, -0.2) is 0 Å². The van der Waals surface area contributed by atoms with Crippen LogP contribution in [-0.2, 0) is 0 Å². The maximum Gasteiger partial charge on any atom is 0.113 e. The van der Waals surface area contributed by atoms with Gasteiger partial charge < -0.3 is 10.4 Å². The fourth-order valence-corrected chi connectivity index (χ4v) is 1.35. The molecule has 0 aromatic heterocycles. The van der Waals surface area contributed by atoms with Gasteiger partial charge in [0.05, 0.1) is 6.61 Å². The Balaban J connectivity index is 2.92. The molecule has 0 heterocycles. The number of rotatable bonds is 3. The molecular weight excluding hydrogens is 174 g/mol. The third-order valence-electron chi connectivity index (χ3n) is 1.79. The first-order chi connectivity index (χ1) is 5.79. The van der Waals surface area contributed by atoms with Gasteiger partial charge in [-0.1, -0.05) is 29.8 Å². The lowest BCUT2D eigenvalue weighted by Gasteiger charge is -2.14. The number of halogens is 1. The van der Waals surface area contributed by atoms with E-state index < -0.39 is 0 Å². The first-order valence-corrected chi connectivity index (χ1v) is 4.15. The van der Waals surface area contributed by atoms with Crippen LogP contribution in [-0.4, -0.2) is 11.7 Å². The van der Waals surface area contributed by atoms with Gasteiger partial charge in [0.2, 0.25) is 0 Å². The second-order valence-electron chi connectivity index (χ2n) is 2.55. The minimum Gasteiger partial charge on any atom is -0.471 e. The van der Waals surface area contributed by atoms with Gasteiger partial charge >= 0.3 is 0 Å². The van der Waals surface area contributed by atoms with Crippen LogP contribution in [0.4, 0.5) is 0 Å². The molecule has 0 aliphatic heterocycles.